The lowest BCUT2D eigenvalue weighted by Gasteiger charge is -2.04. The molecule has 1 aromatic carbocycles. The van der Waals surface area contributed by atoms with Crippen LogP contribution in [0.4, 0.5) is 10.1 Å². The molecule has 1 rings (SSSR count). The van der Waals surface area contributed by atoms with E-state index in [2.05, 4.69) is 0 Å². The van der Waals surface area contributed by atoms with Crippen LogP contribution in [0.3, 0.4) is 0 Å². The summed E-state index contributed by atoms with van der Waals surface area (Å²) >= 11 is 0. The average Bonchev–Trinajstić information content (AvgIpc) is 2.25. The fraction of sp³-hybridized carbons (Fsp3) is 0.125. The number of nitro groups is 1. The lowest BCUT2D eigenvalue weighted by atomic mass is 10.3. The van der Waals surface area contributed by atoms with Gasteiger partial charge in [-0.3, -0.25) is 10.1 Å². The monoisotopic (exact) mass is 259 g/mol. The predicted molar refractivity (Wildman–Crippen MR) is 53.9 cm³/mol. The van der Waals surface area contributed by atoms with Crippen molar-refractivity contribution in [1.29, 1.82) is 5.26 Å². The topological polar surface area (TPSA) is 113 Å². The van der Waals surface area contributed by atoms with Crippen LogP contribution in [0.25, 0.3) is 0 Å². The number of benzene rings is 1. The van der Waals surface area contributed by atoms with Crippen LogP contribution < -0.4 is 4.72 Å². The van der Waals surface area contributed by atoms with Crippen molar-refractivity contribution in [3.63, 3.8) is 0 Å². The molecule has 0 radical (unpaired) electrons. The molecule has 9 heteroatoms. The normalized spacial score (nSPS) is 10.8. The van der Waals surface area contributed by atoms with E-state index in [0.717, 1.165) is 18.2 Å². The average molecular weight is 259 g/mol. The summed E-state index contributed by atoms with van der Waals surface area (Å²) in [4.78, 5) is 8.64. The number of hydrogen-bond acceptors (Lipinski definition) is 5. The van der Waals surface area contributed by atoms with Crippen LogP contribution in [0.2, 0.25) is 0 Å². The van der Waals surface area contributed by atoms with Gasteiger partial charge in [-0.15, -0.1) is 0 Å². The smallest absolute Gasteiger partial charge is 0.258 e. The van der Waals surface area contributed by atoms with Gasteiger partial charge in [0.1, 0.15) is 0 Å². The van der Waals surface area contributed by atoms with E-state index in [9.17, 15) is 22.9 Å². The lowest BCUT2D eigenvalue weighted by molar-refractivity contribution is -0.390. The third-order valence-electron chi connectivity index (χ3n) is 1.76. The van der Waals surface area contributed by atoms with Crippen molar-refractivity contribution < 1.29 is 17.7 Å². The van der Waals surface area contributed by atoms with Crippen molar-refractivity contribution in [1.82, 2.24) is 4.72 Å². The molecule has 90 valence electrons. The number of rotatable bonds is 4. The van der Waals surface area contributed by atoms with Gasteiger partial charge in [-0.2, -0.15) is 14.4 Å². The van der Waals surface area contributed by atoms with Crippen LogP contribution in [0.15, 0.2) is 23.1 Å². The zero-order valence-electron chi connectivity index (χ0n) is 8.25. The fourth-order valence-electron chi connectivity index (χ4n) is 1.09. The number of sulfonamides is 1. The summed E-state index contributed by atoms with van der Waals surface area (Å²) in [5.41, 5.74) is -1.14. The molecule has 0 spiro atoms. The van der Waals surface area contributed by atoms with E-state index in [-0.39, 0.29) is 0 Å². The Morgan fingerprint density at radius 1 is 1.53 bits per heavy atom. The van der Waals surface area contributed by atoms with Crippen molar-refractivity contribution in [3.05, 3.63) is 34.1 Å². The summed E-state index contributed by atoms with van der Waals surface area (Å²) < 4.78 is 38.0. The van der Waals surface area contributed by atoms with Crippen molar-refractivity contribution in [3.8, 4) is 6.07 Å². The maximum Gasteiger partial charge on any atom is 0.324 e. The highest BCUT2D eigenvalue weighted by atomic mass is 32.2. The number of nitrogens with zero attached hydrogens (tertiary/aromatic N) is 2. The molecule has 0 heterocycles. The highest BCUT2D eigenvalue weighted by Crippen LogP contribution is 2.26. The molecule has 7 nitrogen and oxygen atoms in total. The molecule has 0 amide bonds. The standard InChI is InChI=1S/C8H6FN3O4S/c9-6-2-1-3-7(8(6)12(13)14)17(15,16)11-5-4-10/h1-3,11H,5H2. The molecule has 0 aliphatic rings. The van der Waals surface area contributed by atoms with Gasteiger partial charge in [0.25, 0.3) is 0 Å². The summed E-state index contributed by atoms with van der Waals surface area (Å²) in [6.07, 6.45) is 0. The number of nitrogens with one attached hydrogen (secondary N) is 1. The molecule has 0 unspecified atom stereocenters. The summed E-state index contributed by atoms with van der Waals surface area (Å²) in [5.74, 6) is -1.25. The second-order valence-electron chi connectivity index (χ2n) is 2.83. The predicted octanol–water partition coefficient (Wildman–Crippen LogP) is 0.536. The van der Waals surface area contributed by atoms with Gasteiger partial charge in [0.15, 0.2) is 4.90 Å². The summed E-state index contributed by atoms with van der Waals surface area (Å²) in [6.45, 7) is -0.560. The van der Waals surface area contributed by atoms with Crippen molar-refractivity contribution in [2.75, 3.05) is 6.54 Å². The minimum atomic E-state index is -4.27. The summed E-state index contributed by atoms with van der Waals surface area (Å²) in [7, 11) is -4.27. The Bertz CT molecular complexity index is 593. The zero-order valence-corrected chi connectivity index (χ0v) is 9.07. The molecule has 1 aromatic rings. The van der Waals surface area contributed by atoms with Gasteiger partial charge in [0, 0.05) is 0 Å². The molecule has 0 bridgehead atoms. The van der Waals surface area contributed by atoms with Crippen molar-refractivity contribution >= 4 is 15.7 Å². The molecule has 0 atom stereocenters. The molecular weight excluding hydrogens is 253 g/mol. The maximum absolute atomic E-state index is 13.2. The number of nitro benzene ring substituents is 1. The lowest BCUT2D eigenvalue weighted by Crippen LogP contribution is -2.25. The molecular formula is C8H6FN3O4S. The molecule has 17 heavy (non-hydrogen) atoms. The molecule has 0 saturated carbocycles. The van der Waals surface area contributed by atoms with Crippen LogP contribution in [-0.2, 0) is 10.0 Å². The third kappa shape index (κ3) is 2.74. The Balaban J connectivity index is 3.37. The Labute approximate surface area is 95.7 Å². The van der Waals surface area contributed by atoms with E-state index in [1.54, 1.807) is 4.72 Å². The van der Waals surface area contributed by atoms with Crippen molar-refractivity contribution in [2.45, 2.75) is 4.90 Å². The van der Waals surface area contributed by atoms with E-state index in [1.165, 1.54) is 6.07 Å². The van der Waals surface area contributed by atoms with Gasteiger partial charge in [0.2, 0.25) is 15.8 Å². The molecule has 0 fully saturated rings. The second kappa shape index (κ2) is 4.86. The fourth-order valence-corrected chi connectivity index (χ4v) is 2.19. The number of para-hydroxylation sites is 1. The van der Waals surface area contributed by atoms with Gasteiger partial charge >= 0.3 is 5.69 Å². The number of halogens is 1. The number of nitriles is 1. The van der Waals surface area contributed by atoms with E-state index < -0.39 is 37.9 Å². The highest BCUT2D eigenvalue weighted by Gasteiger charge is 2.28. The van der Waals surface area contributed by atoms with E-state index in [0.29, 0.717) is 0 Å². The van der Waals surface area contributed by atoms with Gasteiger partial charge in [-0.05, 0) is 12.1 Å². The van der Waals surface area contributed by atoms with Gasteiger partial charge in [-0.25, -0.2) is 8.42 Å². The first-order chi connectivity index (χ1) is 7.90. The second-order valence-corrected chi connectivity index (χ2v) is 4.56. The van der Waals surface area contributed by atoms with E-state index in [4.69, 9.17) is 5.26 Å². The molecule has 0 aromatic heterocycles. The summed E-state index contributed by atoms with van der Waals surface area (Å²) in [5, 5.41) is 18.8. The molecule has 0 aliphatic carbocycles. The minimum Gasteiger partial charge on any atom is -0.258 e. The Hall–Kier alpha value is -2.05. The van der Waals surface area contributed by atoms with Gasteiger partial charge in [-0.1, -0.05) is 6.07 Å². The number of hydrogen-bond donors (Lipinski definition) is 1. The molecule has 0 saturated heterocycles. The maximum atomic E-state index is 13.2. The summed E-state index contributed by atoms with van der Waals surface area (Å²) in [6, 6.07) is 4.20. The Morgan fingerprint density at radius 3 is 2.71 bits per heavy atom. The first-order valence-electron chi connectivity index (χ1n) is 4.19. The van der Waals surface area contributed by atoms with Crippen LogP contribution in [0.5, 0.6) is 0 Å². The van der Waals surface area contributed by atoms with Gasteiger partial charge in [0.05, 0.1) is 17.5 Å². The van der Waals surface area contributed by atoms with E-state index >= 15 is 0 Å². The van der Waals surface area contributed by atoms with Crippen LogP contribution in [-0.4, -0.2) is 19.9 Å². The minimum absolute atomic E-state index is 0.560. The van der Waals surface area contributed by atoms with Crippen LogP contribution in [0, 0.1) is 27.3 Å². The largest absolute Gasteiger partial charge is 0.324 e. The highest BCUT2D eigenvalue weighted by molar-refractivity contribution is 7.89. The molecule has 0 aliphatic heterocycles. The quantitative estimate of drug-likeness (QED) is 0.481. The van der Waals surface area contributed by atoms with Crippen LogP contribution >= 0.6 is 0 Å². The molecule has 1 N–H and O–H groups in total. The van der Waals surface area contributed by atoms with Gasteiger partial charge < -0.3 is 0 Å². The van der Waals surface area contributed by atoms with E-state index in [1.807, 2.05) is 0 Å². The SMILES string of the molecule is N#CCNS(=O)(=O)c1cccc(F)c1[N+](=O)[O-]. The Kier molecular flexibility index (Phi) is 3.72. The van der Waals surface area contributed by atoms with Crippen molar-refractivity contribution in [2.24, 2.45) is 0 Å². The first kappa shape index (κ1) is 13.0. The Morgan fingerprint density at radius 2 is 2.18 bits per heavy atom. The first-order valence-corrected chi connectivity index (χ1v) is 5.68. The zero-order chi connectivity index (χ0) is 13.1. The van der Waals surface area contributed by atoms with Crippen LogP contribution in [0.1, 0.15) is 0 Å². The third-order valence-corrected chi connectivity index (χ3v) is 3.20.